The Balaban J connectivity index is 0.000000686. The highest BCUT2D eigenvalue weighted by Gasteiger charge is 2.46. The van der Waals surface area contributed by atoms with Gasteiger partial charge in [-0.2, -0.15) is 0 Å². The number of carbonyl (C=O) groups is 1. The van der Waals surface area contributed by atoms with E-state index in [0.29, 0.717) is 5.56 Å². The molecule has 1 amide bonds. The Kier molecular flexibility index (Phi) is 4.46. The zero-order valence-corrected chi connectivity index (χ0v) is 9.93. The van der Waals surface area contributed by atoms with Crippen LogP contribution in [0.1, 0.15) is 24.8 Å². The van der Waals surface area contributed by atoms with Crippen LogP contribution in [0.2, 0.25) is 0 Å². The van der Waals surface area contributed by atoms with Crippen molar-refractivity contribution in [3.8, 4) is 0 Å². The van der Waals surface area contributed by atoms with Crippen LogP contribution in [0.25, 0.3) is 0 Å². The van der Waals surface area contributed by atoms with Gasteiger partial charge in [0.2, 0.25) is 0 Å². The van der Waals surface area contributed by atoms with Crippen molar-refractivity contribution >= 4 is 5.91 Å². The molecule has 0 aliphatic heterocycles. The van der Waals surface area contributed by atoms with Gasteiger partial charge in [0.15, 0.2) is 5.60 Å². The minimum atomic E-state index is -1.47. The fourth-order valence-electron chi connectivity index (χ4n) is 2.10. The van der Waals surface area contributed by atoms with E-state index in [1.807, 2.05) is 18.2 Å². The molecule has 0 spiro atoms. The highest BCUT2D eigenvalue weighted by atomic mass is 16.3. The third-order valence-electron chi connectivity index (χ3n) is 3.29. The van der Waals surface area contributed by atoms with Gasteiger partial charge < -0.3 is 10.8 Å². The molecular formula is C14H19NO2. The predicted molar refractivity (Wildman–Crippen MR) is 68.1 cm³/mol. The number of aliphatic hydroxyl groups is 1. The van der Waals surface area contributed by atoms with Crippen molar-refractivity contribution in [1.82, 2.24) is 0 Å². The molecule has 0 saturated heterocycles. The van der Waals surface area contributed by atoms with Crippen LogP contribution in [-0.2, 0) is 10.4 Å². The zero-order chi connectivity index (χ0) is 12.9. The summed E-state index contributed by atoms with van der Waals surface area (Å²) in [5.41, 5.74) is 4.46. The maximum Gasteiger partial charge on any atom is 0.254 e. The Hall–Kier alpha value is -1.61. The second kappa shape index (κ2) is 5.64. The molecule has 1 aromatic rings. The molecule has 0 radical (unpaired) electrons. The van der Waals surface area contributed by atoms with Gasteiger partial charge >= 0.3 is 0 Å². The van der Waals surface area contributed by atoms with Crippen LogP contribution in [0.15, 0.2) is 43.5 Å². The molecular weight excluding hydrogens is 214 g/mol. The zero-order valence-electron chi connectivity index (χ0n) is 9.93. The Bertz CT molecular complexity index is 373. The van der Waals surface area contributed by atoms with E-state index in [1.165, 1.54) is 0 Å². The lowest BCUT2D eigenvalue weighted by molar-refractivity contribution is -0.148. The monoisotopic (exact) mass is 233 g/mol. The largest absolute Gasteiger partial charge is 0.375 e. The maximum atomic E-state index is 11.4. The van der Waals surface area contributed by atoms with E-state index in [1.54, 1.807) is 12.1 Å². The van der Waals surface area contributed by atoms with Gasteiger partial charge in [0.25, 0.3) is 5.91 Å². The number of nitrogens with two attached hydrogens (primary N) is 1. The van der Waals surface area contributed by atoms with Crippen molar-refractivity contribution in [2.24, 2.45) is 11.7 Å². The van der Waals surface area contributed by atoms with Gasteiger partial charge in [0.05, 0.1) is 0 Å². The first-order valence-corrected chi connectivity index (χ1v) is 5.73. The van der Waals surface area contributed by atoms with Crippen LogP contribution in [-0.4, -0.2) is 11.0 Å². The molecule has 0 aromatic heterocycles. The van der Waals surface area contributed by atoms with Crippen molar-refractivity contribution in [1.29, 1.82) is 0 Å². The molecule has 92 valence electrons. The van der Waals surface area contributed by atoms with Crippen LogP contribution in [0.3, 0.4) is 0 Å². The molecule has 17 heavy (non-hydrogen) atoms. The Morgan fingerprint density at radius 2 is 1.82 bits per heavy atom. The number of carbonyl (C=O) groups excluding carboxylic acids is 1. The third kappa shape index (κ3) is 2.39. The molecule has 1 aliphatic rings. The molecule has 3 nitrogen and oxygen atoms in total. The van der Waals surface area contributed by atoms with E-state index >= 15 is 0 Å². The first-order chi connectivity index (χ1) is 8.15. The fraction of sp³-hybridized carbons (Fsp3) is 0.357. The van der Waals surface area contributed by atoms with Crippen LogP contribution < -0.4 is 5.73 Å². The molecule has 1 aliphatic carbocycles. The second-order valence-electron chi connectivity index (χ2n) is 4.12. The molecule has 3 N–H and O–H groups in total. The normalized spacial score (nSPS) is 18.2. The minimum absolute atomic E-state index is 0.0163. The van der Waals surface area contributed by atoms with Gasteiger partial charge in [-0.25, -0.2) is 0 Å². The number of rotatable bonds is 3. The van der Waals surface area contributed by atoms with Gasteiger partial charge in [-0.15, -0.1) is 13.2 Å². The molecule has 1 aromatic carbocycles. The third-order valence-corrected chi connectivity index (χ3v) is 3.29. The second-order valence-corrected chi connectivity index (χ2v) is 4.12. The molecule has 0 heterocycles. The summed E-state index contributed by atoms with van der Waals surface area (Å²) in [6.07, 6.45) is 2.80. The van der Waals surface area contributed by atoms with Crippen LogP contribution >= 0.6 is 0 Å². The van der Waals surface area contributed by atoms with Crippen LogP contribution in [0, 0.1) is 5.92 Å². The lowest BCUT2D eigenvalue weighted by atomic mass is 9.69. The highest BCUT2D eigenvalue weighted by Crippen LogP contribution is 2.42. The molecule has 1 unspecified atom stereocenters. The molecule has 1 saturated carbocycles. The van der Waals surface area contributed by atoms with Gasteiger partial charge in [0.1, 0.15) is 0 Å². The van der Waals surface area contributed by atoms with E-state index in [4.69, 9.17) is 5.73 Å². The number of hydrogen-bond acceptors (Lipinski definition) is 2. The van der Waals surface area contributed by atoms with Crippen molar-refractivity contribution in [2.75, 3.05) is 0 Å². The molecule has 3 heteroatoms. The average molecular weight is 233 g/mol. The topological polar surface area (TPSA) is 63.3 Å². The average Bonchev–Trinajstić information content (AvgIpc) is 2.30. The standard InChI is InChI=1S/C12H15NO2.C2H4/c13-11(14)12(15,10-7-4-8-10)9-5-2-1-3-6-9;1-2/h1-3,5-6,10,15H,4,7-8H2,(H2,13,14);1-2H2. The van der Waals surface area contributed by atoms with E-state index in [2.05, 4.69) is 13.2 Å². The summed E-state index contributed by atoms with van der Waals surface area (Å²) in [7, 11) is 0. The summed E-state index contributed by atoms with van der Waals surface area (Å²) in [5.74, 6) is -0.657. The Labute approximate surface area is 102 Å². The minimum Gasteiger partial charge on any atom is -0.375 e. The smallest absolute Gasteiger partial charge is 0.254 e. The van der Waals surface area contributed by atoms with E-state index in [-0.39, 0.29) is 5.92 Å². The molecule has 0 bridgehead atoms. The fourth-order valence-corrected chi connectivity index (χ4v) is 2.10. The summed E-state index contributed by atoms with van der Waals surface area (Å²) in [4.78, 5) is 11.4. The summed E-state index contributed by atoms with van der Waals surface area (Å²) < 4.78 is 0. The number of primary amides is 1. The molecule has 2 rings (SSSR count). The maximum absolute atomic E-state index is 11.4. The van der Waals surface area contributed by atoms with Crippen LogP contribution in [0.4, 0.5) is 0 Å². The Morgan fingerprint density at radius 1 is 1.29 bits per heavy atom. The SMILES string of the molecule is C=C.NC(=O)C(O)(c1ccccc1)C1CCC1. The summed E-state index contributed by atoms with van der Waals surface area (Å²) in [5, 5.41) is 10.4. The van der Waals surface area contributed by atoms with E-state index in [9.17, 15) is 9.90 Å². The van der Waals surface area contributed by atoms with Crippen molar-refractivity contribution < 1.29 is 9.90 Å². The van der Waals surface area contributed by atoms with E-state index < -0.39 is 11.5 Å². The Morgan fingerprint density at radius 3 is 2.18 bits per heavy atom. The summed E-state index contributed by atoms with van der Waals surface area (Å²) in [6, 6.07) is 8.97. The lowest BCUT2D eigenvalue weighted by Gasteiger charge is -2.39. The van der Waals surface area contributed by atoms with Crippen molar-refractivity contribution in [3.05, 3.63) is 49.1 Å². The first kappa shape index (κ1) is 13.5. The number of benzene rings is 1. The van der Waals surface area contributed by atoms with Crippen molar-refractivity contribution in [2.45, 2.75) is 24.9 Å². The molecule has 1 atom stereocenters. The lowest BCUT2D eigenvalue weighted by Crippen LogP contribution is -2.49. The van der Waals surface area contributed by atoms with Gasteiger partial charge in [-0.3, -0.25) is 4.79 Å². The number of amides is 1. The van der Waals surface area contributed by atoms with Gasteiger partial charge in [-0.05, 0) is 18.4 Å². The summed E-state index contributed by atoms with van der Waals surface area (Å²) >= 11 is 0. The van der Waals surface area contributed by atoms with Crippen molar-refractivity contribution in [3.63, 3.8) is 0 Å². The predicted octanol–water partition coefficient (Wildman–Crippen LogP) is 1.96. The quantitative estimate of drug-likeness (QED) is 0.784. The van der Waals surface area contributed by atoms with E-state index in [0.717, 1.165) is 19.3 Å². The first-order valence-electron chi connectivity index (χ1n) is 5.73. The van der Waals surface area contributed by atoms with Gasteiger partial charge in [-0.1, -0.05) is 36.8 Å². The highest BCUT2D eigenvalue weighted by molar-refractivity contribution is 5.85. The molecule has 1 fully saturated rings. The summed E-state index contributed by atoms with van der Waals surface area (Å²) in [6.45, 7) is 6.00. The van der Waals surface area contributed by atoms with Crippen LogP contribution in [0.5, 0.6) is 0 Å². The number of hydrogen-bond donors (Lipinski definition) is 2. The van der Waals surface area contributed by atoms with Gasteiger partial charge in [0, 0.05) is 5.92 Å².